The first-order valence-corrected chi connectivity index (χ1v) is 9.20. The van der Waals surface area contributed by atoms with E-state index in [9.17, 15) is 9.59 Å². The minimum Gasteiger partial charge on any atom is -0.484 e. The van der Waals surface area contributed by atoms with Gasteiger partial charge in [0.2, 0.25) is 0 Å². The lowest BCUT2D eigenvalue weighted by Crippen LogP contribution is -2.24. The first-order chi connectivity index (χ1) is 14.6. The van der Waals surface area contributed by atoms with Crippen molar-refractivity contribution in [2.24, 2.45) is 5.10 Å². The molecule has 0 fully saturated rings. The molecule has 152 valence electrons. The van der Waals surface area contributed by atoms with Crippen LogP contribution in [0.1, 0.15) is 11.3 Å². The van der Waals surface area contributed by atoms with E-state index < -0.39 is 11.9 Å². The molecule has 0 unspecified atom stereocenters. The fourth-order valence-electron chi connectivity index (χ4n) is 2.23. The average Bonchev–Trinajstić information content (AvgIpc) is 3.26. The van der Waals surface area contributed by atoms with Crippen LogP contribution in [0.2, 0.25) is 5.02 Å². The third kappa shape index (κ3) is 6.96. The zero-order valence-electron chi connectivity index (χ0n) is 15.7. The van der Waals surface area contributed by atoms with Crippen molar-refractivity contribution < 1.29 is 23.5 Å². The molecule has 3 rings (SSSR count). The number of carbonyl (C=O) groups excluding carboxylic acids is 2. The molecule has 8 heteroatoms. The Morgan fingerprint density at radius 2 is 1.90 bits per heavy atom. The molecule has 0 saturated carbocycles. The largest absolute Gasteiger partial charge is 0.484 e. The third-order valence-corrected chi connectivity index (χ3v) is 3.83. The molecular weight excluding hydrogens is 408 g/mol. The van der Waals surface area contributed by atoms with E-state index in [1.807, 2.05) is 0 Å². The molecule has 0 saturated heterocycles. The Kier molecular flexibility index (Phi) is 7.40. The van der Waals surface area contributed by atoms with Gasteiger partial charge in [-0.1, -0.05) is 17.7 Å². The van der Waals surface area contributed by atoms with Gasteiger partial charge in [0.15, 0.2) is 6.61 Å². The van der Waals surface area contributed by atoms with Crippen molar-refractivity contribution in [2.45, 2.75) is 0 Å². The van der Waals surface area contributed by atoms with Gasteiger partial charge in [-0.25, -0.2) is 10.2 Å². The Morgan fingerprint density at radius 3 is 2.63 bits per heavy atom. The smallest absolute Gasteiger partial charge is 0.336 e. The normalized spacial score (nSPS) is 11.0. The number of rotatable bonds is 8. The van der Waals surface area contributed by atoms with Crippen molar-refractivity contribution >= 4 is 35.8 Å². The molecule has 1 heterocycles. The van der Waals surface area contributed by atoms with Crippen LogP contribution < -0.4 is 14.9 Å². The van der Waals surface area contributed by atoms with Crippen LogP contribution in [0.25, 0.3) is 6.08 Å². The number of esters is 1. The van der Waals surface area contributed by atoms with Crippen LogP contribution in [0, 0.1) is 0 Å². The second-order valence-corrected chi connectivity index (χ2v) is 6.31. The Hall–Kier alpha value is -3.84. The van der Waals surface area contributed by atoms with Crippen LogP contribution in [-0.2, 0) is 9.59 Å². The molecule has 1 amide bonds. The van der Waals surface area contributed by atoms with E-state index in [0.717, 1.165) is 0 Å². The van der Waals surface area contributed by atoms with E-state index >= 15 is 0 Å². The first-order valence-electron chi connectivity index (χ1n) is 8.82. The van der Waals surface area contributed by atoms with Crippen molar-refractivity contribution in [3.05, 3.63) is 89.3 Å². The number of nitrogens with zero attached hydrogens (tertiary/aromatic N) is 1. The van der Waals surface area contributed by atoms with Gasteiger partial charge in [0.25, 0.3) is 5.91 Å². The standard InChI is InChI=1S/C22H17ClN2O5/c23-17-3-1-4-20(13-17)29-15-21(26)25-24-14-16-6-8-19(9-7-16)30-22(27)11-10-18-5-2-12-28-18/h1-14H,15H2,(H,25,26)/b11-10+,24-14?. The van der Waals surface area contributed by atoms with Gasteiger partial charge in [-0.15, -0.1) is 0 Å². The highest BCUT2D eigenvalue weighted by molar-refractivity contribution is 6.30. The zero-order chi connectivity index (χ0) is 21.2. The van der Waals surface area contributed by atoms with Crippen LogP contribution in [0.15, 0.2) is 82.5 Å². The van der Waals surface area contributed by atoms with Crippen LogP contribution in [0.5, 0.6) is 11.5 Å². The Labute approximate surface area is 177 Å². The van der Waals surface area contributed by atoms with E-state index in [1.165, 1.54) is 24.6 Å². The molecule has 0 radical (unpaired) electrons. The number of amides is 1. The molecule has 1 N–H and O–H groups in total. The van der Waals surface area contributed by atoms with Crippen molar-refractivity contribution in [3.8, 4) is 11.5 Å². The lowest BCUT2D eigenvalue weighted by molar-refractivity contribution is -0.129. The van der Waals surface area contributed by atoms with E-state index in [4.69, 9.17) is 25.5 Å². The summed E-state index contributed by atoms with van der Waals surface area (Å²) in [4.78, 5) is 23.5. The van der Waals surface area contributed by atoms with Crippen molar-refractivity contribution in [2.75, 3.05) is 6.61 Å². The zero-order valence-corrected chi connectivity index (χ0v) is 16.4. The number of nitrogens with one attached hydrogen (secondary N) is 1. The number of hydrogen-bond acceptors (Lipinski definition) is 6. The quantitative estimate of drug-likeness (QED) is 0.193. The van der Waals surface area contributed by atoms with Gasteiger partial charge >= 0.3 is 5.97 Å². The molecule has 30 heavy (non-hydrogen) atoms. The topological polar surface area (TPSA) is 90.1 Å². The van der Waals surface area contributed by atoms with Gasteiger partial charge in [0, 0.05) is 11.1 Å². The highest BCUT2D eigenvalue weighted by Crippen LogP contribution is 2.16. The second kappa shape index (κ2) is 10.6. The summed E-state index contributed by atoms with van der Waals surface area (Å²) < 4.78 is 15.6. The molecule has 0 atom stereocenters. The number of carbonyl (C=O) groups is 2. The van der Waals surface area contributed by atoms with Crippen LogP contribution in [-0.4, -0.2) is 24.7 Å². The van der Waals surface area contributed by atoms with E-state index in [2.05, 4.69) is 10.5 Å². The molecule has 0 bridgehead atoms. The summed E-state index contributed by atoms with van der Waals surface area (Å²) in [5.41, 5.74) is 3.07. The predicted octanol–water partition coefficient (Wildman–Crippen LogP) is 4.08. The summed E-state index contributed by atoms with van der Waals surface area (Å²) in [5.74, 6) is 0.476. The van der Waals surface area contributed by atoms with E-state index in [1.54, 1.807) is 60.7 Å². The van der Waals surface area contributed by atoms with Crippen LogP contribution >= 0.6 is 11.6 Å². The van der Waals surface area contributed by atoms with Gasteiger partial charge in [0.1, 0.15) is 17.3 Å². The van der Waals surface area contributed by atoms with Gasteiger partial charge in [-0.3, -0.25) is 4.79 Å². The highest BCUT2D eigenvalue weighted by Gasteiger charge is 2.03. The number of halogens is 1. The molecule has 0 aliphatic heterocycles. The summed E-state index contributed by atoms with van der Waals surface area (Å²) >= 11 is 5.85. The summed E-state index contributed by atoms with van der Waals surface area (Å²) in [6.45, 7) is -0.196. The Morgan fingerprint density at radius 1 is 1.07 bits per heavy atom. The van der Waals surface area contributed by atoms with Gasteiger partial charge in [-0.2, -0.15) is 5.10 Å². The minimum atomic E-state index is -0.528. The number of hydrogen-bond donors (Lipinski definition) is 1. The summed E-state index contributed by atoms with van der Waals surface area (Å²) in [6, 6.07) is 16.8. The predicted molar refractivity (Wildman–Crippen MR) is 113 cm³/mol. The maximum atomic E-state index is 11.8. The Balaban J connectivity index is 1.42. The molecule has 7 nitrogen and oxygen atoms in total. The highest BCUT2D eigenvalue weighted by atomic mass is 35.5. The number of furan rings is 1. The minimum absolute atomic E-state index is 0.196. The number of hydrazone groups is 1. The molecular formula is C22H17ClN2O5. The molecule has 3 aromatic rings. The van der Waals surface area contributed by atoms with Crippen molar-refractivity contribution in [1.29, 1.82) is 0 Å². The van der Waals surface area contributed by atoms with Crippen LogP contribution in [0.4, 0.5) is 0 Å². The third-order valence-electron chi connectivity index (χ3n) is 3.59. The van der Waals surface area contributed by atoms with E-state index in [0.29, 0.717) is 27.8 Å². The van der Waals surface area contributed by atoms with Gasteiger partial charge in [0.05, 0.1) is 12.5 Å². The Bertz CT molecular complexity index is 1040. The number of ether oxygens (including phenoxy) is 2. The summed E-state index contributed by atoms with van der Waals surface area (Å²) in [6.07, 6.45) is 5.76. The van der Waals surface area contributed by atoms with Crippen LogP contribution in [0.3, 0.4) is 0 Å². The number of benzene rings is 2. The monoisotopic (exact) mass is 424 g/mol. The molecule has 0 spiro atoms. The lowest BCUT2D eigenvalue weighted by Gasteiger charge is -2.05. The van der Waals surface area contributed by atoms with E-state index in [-0.39, 0.29) is 6.61 Å². The fraction of sp³-hybridized carbons (Fsp3) is 0.0455. The molecule has 0 aliphatic rings. The second-order valence-electron chi connectivity index (χ2n) is 5.88. The lowest BCUT2D eigenvalue weighted by atomic mass is 10.2. The van der Waals surface area contributed by atoms with Gasteiger partial charge < -0.3 is 13.9 Å². The van der Waals surface area contributed by atoms with Crippen molar-refractivity contribution in [1.82, 2.24) is 5.43 Å². The maximum Gasteiger partial charge on any atom is 0.336 e. The molecule has 0 aliphatic carbocycles. The first kappa shape index (κ1) is 20.9. The fourth-order valence-corrected chi connectivity index (χ4v) is 2.41. The molecule has 1 aromatic heterocycles. The maximum absolute atomic E-state index is 11.8. The summed E-state index contributed by atoms with van der Waals surface area (Å²) in [5, 5.41) is 4.38. The SMILES string of the molecule is O=C(COc1cccc(Cl)c1)NN=Cc1ccc(OC(=O)/C=C/c2ccco2)cc1. The summed E-state index contributed by atoms with van der Waals surface area (Å²) in [7, 11) is 0. The van der Waals surface area contributed by atoms with Gasteiger partial charge in [-0.05, 0) is 66.2 Å². The van der Waals surface area contributed by atoms with Crippen molar-refractivity contribution in [3.63, 3.8) is 0 Å². The average molecular weight is 425 g/mol. The molecule has 2 aromatic carbocycles.